The molecule has 6 heteroatoms. The zero-order valence-electron chi connectivity index (χ0n) is 10.6. The highest BCUT2D eigenvalue weighted by Gasteiger charge is 2.22. The molecule has 1 heterocycles. The molecule has 0 spiro atoms. The third-order valence-corrected chi connectivity index (χ3v) is 4.17. The molecule has 2 rings (SSSR count). The van der Waals surface area contributed by atoms with Crippen molar-refractivity contribution in [2.45, 2.75) is 19.3 Å². The van der Waals surface area contributed by atoms with Crippen molar-refractivity contribution in [3.63, 3.8) is 0 Å². The van der Waals surface area contributed by atoms with Gasteiger partial charge in [-0.05, 0) is 47.2 Å². The first kappa shape index (κ1) is 14.3. The average Bonchev–Trinajstić information content (AvgIpc) is 2.39. The van der Waals surface area contributed by atoms with Gasteiger partial charge in [0.05, 0.1) is 10.6 Å². The van der Waals surface area contributed by atoms with Crippen LogP contribution in [-0.4, -0.2) is 29.7 Å². The van der Waals surface area contributed by atoms with Gasteiger partial charge in [-0.2, -0.15) is 0 Å². The molecule has 1 aromatic rings. The molecule has 1 aliphatic heterocycles. The summed E-state index contributed by atoms with van der Waals surface area (Å²) in [6.45, 7) is 2.08. The smallest absolute Gasteiger partial charge is 0.270 e. The number of nitro benzene ring substituents is 1. The van der Waals surface area contributed by atoms with Crippen LogP contribution in [0, 0.1) is 16.0 Å². The molecule has 1 N–H and O–H groups in total. The zero-order valence-corrected chi connectivity index (χ0v) is 12.2. The maximum absolute atomic E-state index is 10.7. The molecule has 0 bridgehead atoms. The predicted molar refractivity (Wildman–Crippen MR) is 77.4 cm³/mol. The number of rotatable bonds is 4. The Bertz CT molecular complexity index is 465. The van der Waals surface area contributed by atoms with E-state index in [-0.39, 0.29) is 17.2 Å². The van der Waals surface area contributed by atoms with Crippen molar-refractivity contribution in [2.75, 3.05) is 24.6 Å². The molecular weight excluding hydrogens is 312 g/mol. The van der Waals surface area contributed by atoms with Crippen molar-refractivity contribution in [3.8, 4) is 0 Å². The van der Waals surface area contributed by atoms with E-state index in [0.29, 0.717) is 5.92 Å². The van der Waals surface area contributed by atoms with Crippen LogP contribution in [0.1, 0.15) is 19.3 Å². The lowest BCUT2D eigenvalue weighted by Gasteiger charge is -2.34. The largest absolute Gasteiger partial charge is 0.396 e. The fourth-order valence-electron chi connectivity index (χ4n) is 2.57. The minimum Gasteiger partial charge on any atom is -0.396 e. The van der Waals surface area contributed by atoms with Crippen LogP contribution >= 0.6 is 15.9 Å². The third-order valence-electron chi connectivity index (χ3n) is 3.54. The highest BCUT2D eigenvalue weighted by molar-refractivity contribution is 9.10. The molecule has 5 nitrogen and oxygen atoms in total. The Morgan fingerprint density at radius 2 is 2.32 bits per heavy atom. The first-order valence-corrected chi connectivity index (χ1v) is 7.21. The summed E-state index contributed by atoms with van der Waals surface area (Å²) in [6.07, 6.45) is 3.05. The van der Waals surface area contributed by atoms with Crippen molar-refractivity contribution in [3.05, 3.63) is 32.8 Å². The summed E-state index contributed by atoms with van der Waals surface area (Å²) in [4.78, 5) is 12.6. The summed E-state index contributed by atoms with van der Waals surface area (Å²) >= 11 is 3.41. The molecule has 1 aliphatic rings. The molecular formula is C13H17BrN2O3. The van der Waals surface area contributed by atoms with Crippen molar-refractivity contribution in [1.29, 1.82) is 0 Å². The van der Waals surface area contributed by atoms with Gasteiger partial charge in [0.25, 0.3) is 5.69 Å². The van der Waals surface area contributed by atoms with Gasteiger partial charge in [-0.1, -0.05) is 0 Å². The number of piperidine rings is 1. The fraction of sp³-hybridized carbons (Fsp3) is 0.538. The van der Waals surface area contributed by atoms with Gasteiger partial charge in [0.2, 0.25) is 0 Å². The number of nitro groups is 1. The van der Waals surface area contributed by atoms with Crippen LogP contribution in [0.2, 0.25) is 0 Å². The molecule has 0 aromatic heterocycles. The van der Waals surface area contributed by atoms with E-state index in [2.05, 4.69) is 20.8 Å². The average molecular weight is 329 g/mol. The summed E-state index contributed by atoms with van der Waals surface area (Å²) in [7, 11) is 0. The second kappa shape index (κ2) is 6.34. The Balaban J connectivity index is 2.15. The Kier molecular flexibility index (Phi) is 4.76. The van der Waals surface area contributed by atoms with E-state index in [1.54, 1.807) is 12.1 Å². The van der Waals surface area contributed by atoms with E-state index in [1.807, 2.05) is 0 Å². The molecule has 1 saturated heterocycles. The number of non-ortho nitro benzene ring substituents is 1. The zero-order chi connectivity index (χ0) is 13.8. The standard InChI is InChI=1S/C13H17BrN2O3/c14-12-8-11(16(18)19)3-4-13(12)15-6-1-2-10(9-15)5-7-17/h3-4,8,10,17H,1-2,5-7,9H2. The van der Waals surface area contributed by atoms with Crippen LogP contribution < -0.4 is 4.90 Å². The summed E-state index contributed by atoms with van der Waals surface area (Å²) in [5.74, 6) is 0.501. The molecule has 1 fully saturated rings. The minimum absolute atomic E-state index is 0.0968. The number of aliphatic hydroxyl groups is 1. The van der Waals surface area contributed by atoms with Crippen LogP contribution in [0.4, 0.5) is 11.4 Å². The van der Waals surface area contributed by atoms with E-state index in [0.717, 1.165) is 42.5 Å². The Morgan fingerprint density at radius 1 is 1.53 bits per heavy atom. The number of benzene rings is 1. The maximum Gasteiger partial charge on any atom is 0.270 e. The predicted octanol–water partition coefficient (Wildman–Crippen LogP) is 2.96. The molecule has 0 aliphatic carbocycles. The SMILES string of the molecule is O=[N+]([O-])c1ccc(N2CCCC(CCO)C2)c(Br)c1. The Morgan fingerprint density at radius 3 is 2.95 bits per heavy atom. The fourth-order valence-corrected chi connectivity index (χ4v) is 3.19. The lowest BCUT2D eigenvalue weighted by atomic mass is 9.95. The van der Waals surface area contributed by atoms with Crippen molar-refractivity contribution in [1.82, 2.24) is 0 Å². The minimum atomic E-state index is -0.390. The molecule has 1 aromatic carbocycles. The van der Waals surface area contributed by atoms with Gasteiger partial charge in [-0.3, -0.25) is 10.1 Å². The summed E-state index contributed by atoms with van der Waals surface area (Å²) in [5, 5.41) is 19.7. The molecule has 19 heavy (non-hydrogen) atoms. The van der Waals surface area contributed by atoms with Crippen LogP contribution in [0.25, 0.3) is 0 Å². The first-order chi connectivity index (χ1) is 9.11. The maximum atomic E-state index is 10.7. The molecule has 0 amide bonds. The number of aliphatic hydroxyl groups excluding tert-OH is 1. The quantitative estimate of drug-likeness (QED) is 0.681. The summed E-state index contributed by atoms with van der Waals surface area (Å²) < 4.78 is 0.756. The van der Waals surface area contributed by atoms with E-state index in [9.17, 15) is 10.1 Å². The molecule has 0 saturated carbocycles. The molecule has 1 atom stereocenters. The number of hydrogen-bond donors (Lipinski definition) is 1. The van der Waals surface area contributed by atoms with Gasteiger partial charge >= 0.3 is 0 Å². The lowest BCUT2D eigenvalue weighted by Crippen LogP contribution is -2.35. The van der Waals surface area contributed by atoms with Gasteiger partial charge in [-0.15, -0.1) is 0 Å². The van der Waals surface area contributed by atoms with Crippen LogP contribution in [0.15, 0.2) is 22.7 Å². The second-order valence-electron chi connectivity index (χ2n) is 4.86. The van der Waals surface area contributed by atoms with Crippen molar-refractivity contribution >= 4 is 27.3 Å². The topological polar surface area (TPSA) is 66.6 Å². The van der Waals surface area contributed by atoms with Crippen molar-refractivity contribution in [2.24, 2.45) is 5.92 Å². The van der Waals surface area contributed by atoms with Crippen LogP contribution in [-0.2, 0) is 0 Å². The van der Waals surface area contributed by atoms with Gasteiger partial charge in [0.1, 0.15) is 0 Å². The van der Waals surface area contributed by atoms with E-state index >= 15 is 0 Å². The van der Waals surface area contributed by atoms with Gasteiger partial charge in [-0.25, -0.2) is 0 Å². The number of nitrogens with zero attached hydrogens (tertiary/aromatic N) is 2. The van der Waals surface area contributed by atoms with Gasteiger partial charge in [0, 0.05) is 36.3 Å². The van der Waals surface area contributed by atoms with Gasteiger partial charge in [0.15, 0.2) is 0 Å². The van der Waals surface area contributed by atoms with E-state index < -0.39 is 0 Å². The number of anilines is 1. The monoisotopic (exact) mass is 328 g/mol. The highest BCUT2D eigenvalue weighted by atomic mass is 79.9. The number of hydrogen-bond acceptors (Lipinski definition) is 4. The number of halogens is 1. The normalized spacial score (nSPS) is 19.5. The van der Waals surface area contributed by atoms with E-state index in [1.165, 1.54) is 6.07 Å². The van der Waals surface area contributed by atoms with Crippen molar-refractivity contribution < 1.29 is 10.0 Å². The lowest BCUT2D eigenvalue weighted by molar-refractivity contribution is -0.384. The second-order valence-corrected chi connectivity index (χ2v) is 5.71. The summed E-state index contributed by atoms with van der Waals surface area (Å²) in [5.41, 5.74) is 1.09. The molecule has 104 valence electrons. The molecule has 0 radical (unpaired) electrons. The van der Waals surface area contributed by atoms with Gasteiger partial charge < -0.3 is 10.0 Å². The third kappa shape index (κ3) is 3.45. The van der Waals surface area contributed by atoms with Crippen LogP contribution in [0.5, 0.6) is 0 Å². The van der Waals surface area contributed by atoms with E-state index in [4.69, 9.17) is 5.11 Å². The Labute approximate surface area is 120 Å². The highest BCUT2D eigenvalue weighted by Crippen LogP contribution is 2.33. The van der Waals surface area contributed by atoms with Crippen LogP contribution in [0.3, 0.4) is 0 Å². The Hall–Kier alpha value is -1.14. The summed E-state index contributed by atoms with van der Waals surface area (Å²) in [6, 6.07) is 4.88. The first-order valence-electron chi connectivity index (χ1n) is 6.41. The molecule has 1 unspecified atom stereocenters.